The third-order valence-electron chi connectivity index (χ3n) is 6.23. The number of ether oxygens (including phenoxy) is 1. The first-order valence-electron chi connectivity index (χ1n) is 11.6. The number of carbonyl (C=O) groups is 2. The number of amides is 2. The van der Waals surface area contributed by atoms with E-state index < -0.39 is 28.5 Å². The SMILES string of the molecule is COc1cccc(CN(C(=O)CN(c2ccc(Cl)c(Cl)c2)S(C)(=O)=O)[C@H](C)C(=O)NC2CCCC2)c1. The first kappa shape index (κ1) is 28.1. The van der Waals surface area contributed by atoms with E-state index in [2.05, 4.69) is 5.32 Å². The molecule has 2 amide bonds. The van der Waals surface area contributed by atoms with Crippen molar-refractivity contribution < 1.29 is 22.7 Å². The van der Waals surface area contributed by atoms with Gasteiger partial charge in [-0.3, -0.25) is 13.9 Å². The van der Waals surface area contributed by atoms with Gasteiger partial charge in [-0.1, -0.05) is 48.2 Å². The maximum absolute atomic E-state index is 13.6. The minimum absolute atomic E-state index is 0.0810. The quantitative estimate of drug-likeness (QED) is 0.472. The van der Waals surface area contributed by atoms with Gasteiger partial charge in [0.05, 0.1) is 29.1 Å². The van der Waals surface area contributed by atoms with E-state index in [1.54, 1.807) is 32.2 Å². The second-order valence-electron chi connectivity index (χ2n) is 8.91. The number of hydrogen-bond donors (Lipinski definition) is 1. The van der Waals surface area contributed by atoms with E-state index in [9.17, 15) is 18.0 Å². The Kier molecular flexibility index (Phi) is 9.49. The molecule has 0 aromatic heterocycles. The van der Waals surface area contributed by atoms with Crippen LogP contribution in [0.25, 0.3) is 0 Å². The fourth-order valence-corrected chi connectivity index (χ4v) is 5.33. The fourth-order valence-electron chi connectivity index (χ4n) is 4.20. The zero-order valence-electron chi connectivity index (χ0n) is 20.5. The van der Waals surface area contributed by atoms with Crippen LogP contribution in [0.4, 0.5) is 5.69 Å². The van der Waals surface area contributed by atoms with Crippen LogP contribution in [-0.4, -0.2) is 57.1 Å². The van der Waals surface area contributed by atoms with Crippen molar-refractivity contribution in [1.29, 1.82) is 0 Å². The Hall–Kier alpha value is -2.49. The minimum Gasteiger partial charge on any atom is -0.497 e. The van der Waals surface area contributed by atoms with Crippen LogP contribution >= 0.6 is 23.2 Å². The number of carbonyl (C=O) groups excluding carboxylic acids is 2. The number of hydrogen-bond acceptors (Lipinski definition) is 5. The molecule has 8 nitrogen and oxygen atoms in total. The molecule has 0 bridgehead atoms. The fraction of sp³-hybridized carbons (Fsp3) is 0.440. The standard InChI is InChI=1S/C25H31Cl2N3O5S/c1-17(25(32)28-19-8-4-5-9-19)29(15-18-7-6-10-21(13-18)35-2)24(31)16-30(36(3,33)34)20-11-12-22(26)23(27)14-20/h6-7,10-14,17,19H,4-5,8-9,15-16H2,1-3H3,(H,28,32)/t17-/m1/s1. The van der Waals surface area contributed by atoms with Gasteiger partial charge < -0.3 is 15.0 Å². The molecule has 1 N–H and O–H groups in total. The van der Waals surface area contributed by atoms with Crippen LogP contribution in [0.3, 0.4) is 0 Å². The molecule has 1 atom stereocenters. The average Bonchev–Trinajstić information content (AvgIpc) is 3.34. The highest BCUT2D eigenvalue weighted by Gasteiger charge is 2.31. The molecule has 1 aliphatic rings. The monoisotopic (exact) mass is 555 g/mol. The molecular formula is C25H31Cl2N3O5S. The molecule has 0 heterocycles. The van der Waals surface area contributed by atoms with E-state index in [4.69, 9.17) is 27.9 Å². The molecule has 0 spiro atoms. The van der Waals surface area contributed by atoms with Gasteiger partial charge in [0.2, 0.25) is 21.8 Å². The number of nitrogens with one attached hydrogen (secondary N) is 1. The zero-order valence-corrected chi connectivity index (χ0v) is 22.9. The van der Waals surface area contributed by atoms with Gasteiger partial charge in [0.1, 0.15) is 18.3 Å². The van der Waals surface area contributed by atoms with Crippen LogP contribution in [-0.2, 0) is 26.2 Å². The normalized spacial score (nSPS) is 14.8. The van der Waals surface area contributed by atoms with E-state index >= 15 is 0 Å². The highest BCUT2D eigenvalue weighted by atomic mass is 35.5. The van der Waals surface area contributed by atoms with Gasteiger partial charge in [0, 0.05) is 12.6 Å². The molecule has 0 radical (unpaired) electrons. The predicted octanol–water partition coefficient (Wildman–Crippen LogP) is 4.24. The first-order chi connectivity index (χ1) is 17.0. The largest absolute Gasteiger partial charge is 0.497 e. The van der Waals surface area contributed by atoms with Gasteiger partial charge in [0.25, 0.3) is 0 Å². The Morgan fingerprint density at radius 1 is 1.11 bits per heavy atom. The van der Waals surface area contributed by atoms with E-state index in [-0.39, 0.29) is 34.2 Å². The van der Waals surface area contributed by atoms with Crippen molar-refractivity contribution in [3.05, 3.63) is 58.1 Å². The van der Waals surface area contributed by atoms with Crippen molar-refractivity contribution in [3.8, 4) is 5.75 Å². The molecule has 0 aliphatic heterocycles. The topological polar surface area (TPSA) is 96.0 Å². The van der Waals surface area contributed by atoms with Gasteiger partial charge in [-0.05, 0) is 55.7 Å². The summed E-state index contributed by atoms with van der Waals surface area (Å²) in [5.41, 5.74) is 0.938. The Bertz CT molecular complexity index is 1200. The molecule has 11 heteroatoms. The summed E-state index contributed by atoms with van der Waals surface area (Å²) in [5, 5.41) is 3.45. The van der Waals surface area contributed by atoms with Crippen molar-refractivity contribution in [3.63, 3.8) is 0 Å². The van der Waals surface area contributed by atoms with Crippen molar-refractivity contribution in [2.45, 2.75) is 51.2 Å². The molecule has 1 fully saturated rings. The van der Waals surface area contributed by atoms with Crippen molar-refractivity contribution in [2.75, 3.05) is 24.2 Å². The van der Waals surface area contributed by atoms with Gasteiger partial charge in [-0.2, -0.15) is 0 Å². The van der Waals surface area contributed by atoms with Crippen molar-refractivity contribution >= 4 is 50.7 Å². The summed E-state index contributed by atoms with van der Waals surface area (Å²) in [4.78, 5) is 28.1. The number of benzene rings is 2. The summed E-state index contributed by atoms with van der Waals surface area (Å²) in [6.45, 7) is 1.22. The lowest BCUT2D eigenvalue weighted by molar-refractivity contribution is -0.139. The van der Waals surface area contributed by atoms with Crippen LogP contribution in [0.1, 0.15) is 38.2 Å². The second-order valence-corrected chi connectivity index (χ2v) is 11.6. The molecular weight excluding hydrogens is 525 g/mol. The van der Waals surface area contributed by atoms with Crippen LogP contribution in [0.2, 0.25) is 10.0 Å². The highest BCUT2D eigenvalue weighted by molar-refractivity contribution is 7.92. The van der Waals surface area contributed by atoms with Gasteiger partial charge in [-0.15, -0.1) is 0 Å². The number of methoxy groups -OCH3 is 1. The van der Waals surface area contributed by atoms with E-state index in [0.717, 1.165) is 41.8 Å². The lowest BCUT2D eigenvalue weighted by Gasteiger charge is -2.32. The predicted molar refractivity (Wildman–Crippen MR) is 142 cm³/mol. The van der Waals surface area contributed by atoms with Crippen LogP contribution in [0, 0.1) is 0 Å². The van der Waals surface area contributed by atoms with E-state index in [0.29, 0.717) is 5.75 Å². The van der Waals surface area contributed by atoms with E-state index in [1.165, 1.54) is 23.1 Å². The second kappa shape index (κ2) is 12.2. The summed E-state index contributed by atoms with van der Waals surface area (Å²) >= 11 is 12.1. The molecule has 3 rings (SSSR count). The molecule has 2 aromatic carbocycles. The molecule has 2 aromatic rings. The Morgan fingerprint density at radius 2 is 1.81 bits per heavy atom. The van der Waals surface area contributed by atoms with Gasteiger partial charge >= 0.3 is 0 Å². The molecule has 36 heavy (non-hydrogen) atoms. The third kappa shape index (κ3) is 7.27. The average molecular weight is 557 g/mol. The summed E-state index contributed by atoms with van der Waals surface area (Å²) in [6, 6.07) is 10.7. The molecule has 1 saturated carbocycles. The molecule has 0 unspecified atom stereocenters. The Morgan fingerprint density at radius 3 is 2.42 bits per heavy atom. The Balaban J connectivity index is 1.90. The smallest absolute Gasteiger partial charge is 0.244 e. The molecule has 1 aliphatic carbocycles. The van der Waals surface area contributed by atoms with Crippen LogP contribution in [0.15, 0.2) is 42.5 Å². The number of nitrogens with zero attached hydrogens (tertiary/aromatic N) is 2. The zero-order chi connectivity index (χ0) is 26.5. The van der Waals surface area contributed by atoms with Gasteiger partial charge in [-0.25, -0.2) is 8.42 Å². The number of sulfonamides is 1. The lowest BCUT2D eigenvalue weighted by Crippen LogP contribution is -2.52. The van der Waals surface area contributed by atoms with E-state index in [1.807, 2.05) is 6.07 Å². The third-order valence-corrected chi connectivity index (χ3v) is 8.11. The number of halogens is 2. The maximum atomic E-state index is 13.6. The lowest BCUT2D eigenvalue weighted by atomic mass is 10.1. The van der Waals surface area contributed by atoms with Crippen molar-refractivity contribution in [2.24, 2.45) is 0 Å². The van der Waals surface area contributed by atoms with Crippen LogP contribution in [0.5, 0.6) is 5.75 Å². The molecule has 0 saturated heterocycles. The summed E-state index contributed by atoms with van der Waals surface area (Å²) in [7, 11) is -2.32. The maximum Gasteiger partial charge on any atom is 0.244 e. The first-order valence-corrected chi connectivity index (χ1v) is 14.3. The summed E-state index contributed by atoms with van der Waals surface area (Å²) in [6.07, 6.45) is 4.92. The van der Waals surface area contributed by atoms with Crippen LogP contribution < -0.4 is 14.4 Å². The Labute approximate surface area is 222 Å². The molecule has 196 valence electrons. The van der Waals surface area contributed by atoms with Crippen molar-refractivity contribution in [1.82, 2.24) is 10.2 Å². The minimum atomic E-state index is -3.86. The van der Waals surface area contributed by atoms with Gasteiger partial charge in [0.15, 0.2) is 0 Å². The number of anilines is 1. The summed E-state index contributed by atoms with van der Waals surface area (Å²) < 4.78 is 31.5. The highest BCUT2D eigenvalue weighted by Crippen LogP contribution is 2.29. The number of rotatable bonds is 10. The summed E-state index contributed by atoms with van der Waals surface area (Å²) in [5.74, 6) is -0.210.